The molecule has 8 heteroatoms. The average molecular weight is 423 g/mol. The highest BCUT2D eigenvalue weighted by Gasteiger charge is 2.25. The fourth-order valence-electron chi connectivity index (χ4n) is 3.26. The van der Waals surface area contributed by atoms with E-state index >= 15 is 0 Å². The Morgan fingerprint density at radius 2 is 2.00 bits per heavy atom. The summed E-state index contributed by atoms with van der Waals surface area (Å²) in [5.74, 6) is 1.08. The predicted octanol–water partition coefficient (Wildman–Crippen LogP) is 3.88. The van der Waals surface area contributed by atoms with Gasteiger partial charge < -0.3 is 19.7 Å². The van der Waals surface area contributed by atoms with E-state index in [0.29, 0.717) is 16.6 Å². The number of methoxy groups -OCH3 is 1. The number of para-hydroxylation sites is 2. The number of anilines is 2. The number of hydrogen-bond donors (Lipinski definition) is 1. The van der Waals surface area contributed by atoms with Crippen molar-refractivity contribution in [2.45, 2.75) is 13.3 Å². The number of ether oxygens (including phenoxy) is 2. The molecule has 0 bridgehead atoms. The van der Waals surface area contributed by atoms with Crippen molar-refractivity contribution in [3.05, 3.63) is 53.4 Å². The largest absolute Gasteiger partial charge is 0.497 e. The number of hydrogen-bond acceptors (Lipinski definition) is 6. The van der Waals surface area contributed by atoms with Gasteiger partial charge in [0, 0.05) is 23.4 Å². The quantitative estimate of drug-likeness (QED) is 0.651. The highest BCUT2D eigenvalue weighted by Crippen LogP contribution is 2.33. The monoisotopic (exact) mass is 423 g/mol. The van der Waals surface area contributed by atoms with Crippen molar-refractivity contribution in [3.8, 4) is 22.8 Å². The number of fused-ring (bicyclic) bond motifs is 1. The molecule has 2 aromatic carbocycles. The Morgan fingerprint density at radius 3 is 2.77 bits per heavy atom. The molecule has 0 aliphatic carbocycles. The maximum absolute atomic E-state index is 12.5. The second-order valence-corrected chi connectivity index (χ2v) is 7.96. The van der Waals surface area contributed by atoms with Gasteiger partial charge in [0.15, 0.2) is 11.7 Å². The van der Waals surface area contributed by atoms with Gasteiger partial charge in [-0.2, -0.15) is 0 Å². The van der Waals surface area contributed by atoms with Gasteiger partial charge in [-0.25, -0.2) is 4.98 Å². The molecule has 0 spiro atoms. The third-order valence-electron chi connectivity index (χ3n) is 4.78. The number of nitrogens with one attached hydrogen (secondary N) is 1. The molecule has 7 nitrogen and oxygen atoms in total. The Kier molecular flexibility index (Phi) is 5.67. The van der Waals surface area contributed by atoms with Gasteiger partial charge in [0.1, 0.15) is 11.5 Å². The van der Waals surface area contributed by atoms with Crippen LogP contribution in [0, 0.1) is 6.92 Å². The lowest BCUT2D eigenvalue weighted by molar-refractivity contribution is -0.121. The number of thiazole rings is 1. The smallest absolute Gasteiger partial charge is 0.265 e. The van der Waals surface area contributed by atoms with Crippen LogP contribution in [0.25, 0.3) is 11.3 Å². The number of benzene rings is 2. The molecule has 0 fully saturated rings. The number of aromatic nitrogens is 1. The van der Waals surface area contributed by atoms with Gasteiger partial charge in [-0.15, -0.1) is 11.3 Å². The topological polar surface area (TPSA) is 80.8 Å². The maximum Gasteiger partial charge on any atom is 0.265 e. The van der Waals surface area contributed by atoms with Crippen molar-refractivity contribution in [2.75, 3.05) is 30.5 Å². The van der Waals surface area contributed by atoms with Crippen LogP contribution in [-0.4, -0.2) is 37.1 Å². The van der Waals surface area contributed by atoms with Crippen LogP contribution in [0.3, 0.4) is 0 Å². The Balaban J connectivity index is 1.41. The Bertz CT molecular complexity index is 1080. The molecule has 0 atom stereocenters. The summed E-state index contributed by atoms with van der Waals surface area (Å²) < 4.78 is 10.6. The molecule has 1 aliphatic heterocycles. The maximum atomic E-state index is 12.5. The minimum atomic E-state index is -0.193. The number of carbonyl (C=O) groups excluding carboxylic acids is 2. The van der Waals surface area contributed by atoms with Crippen LogP contribution in [0.1, 0.15) is 11.3 Å². The summed E-state index contributed by atoms with van der Waals surface area (Å²) in [6.07, 6.45) is 0.163. The van der Waals surface area contributed by atoms with Crippen LogP contribution in [-0.2, 0) is 9.59 Å². The number of carbonyl (C=O) groups is 2. The second-order valence-electron chi connectivity index (χ2n) is 6.75. The van der Waals surface area contributed by atoms with E-state index in [1.807, 2.05) is 55.5 Å². The molecule has 2 heterocycles. The summed E-state index contributed by atoms with van der Waals surface area (Å²) in [5.41, 5.74) is 2.48. The van der Waals surface area contributed by atoms with E-state index in [-0.39, 0.29) is 31.4 Å². The van der Waals surface area contributed by atoms with E-state index in [1.54, 1.807) is 12.0 Å². The SMILES string of the molecule is COc1ccc(-c2nc(NC(=O)CCN3C(=O)COc4ccccc43)sc2C)cc1. The first-order chi connectivity index (χ1) is 14.5. The van der Waals surface area contributed by atoms with E-state index in [1.165, 1.54) is 11.3 Å². The van der Waals surface area contributed by atoms with Crippen molar-refractivity contribution in [1.29, 1.82) is 0 Å². The zero-order valence-corrected chi connectivity index (χ0v) is 17.5. The van der Waals surface area contributed by atoms with E-state index in [9.17, 15) is 9.59 Å². The third kappa shape index (κ3) is 4.13. The first-order valence-corrected chi connectivity index (χ1v) is 10.3. The number of aryl methyl sites for hydroxylation is 1. The molecular weight excluding hydrogens is 402 g/mol. The molecule has 0 saturated carbocycles. The fourth-order valence-corrected chi connectivity index (χ4v) is 4.11. The van der Waals surface area contributed by atoms with Gasteiger partial charge in [0.05, 0.1) is 18.5 Å². The van der Waals surface area contributed by atoms with Crippen LogP contribution >= 0.6 is 11.3 Å². The Morgan fingerprint density at radius 1 is 1.23 bits per heavy atom. The van der Waals surface area contributed by atoms with Crippen LogP contribution in [0.5, 0.6) is 11.5 Å². The van der Waals surface area contributed by atoms with Crippen LogP contribution < -0.4 is 19.7 Å². The molecule has 30 heavy (non-hydrogen) atoms. The minimum Gasteiger partial charge on any atom is -0.497 e. The van der Waals surface area contributed by atoms with Gasteiger partial charge in [0.2, 0.25) is 5.91 Å². The Labute approximate surface area is 178 Å². The number of nitrogens with zero attached hydrogens (tertiary/aromatic N) is 2. The summed E-state index contributed by atoms with van der Waals surface area (Å²) in [6.45, 7) is 2.23. The molecule has 154 valence electrons. The van der Waals surface area contributed by atoms with Crippen molar-refractivity contribution in [2.24, 2.45) is 0 Å². The van der Waals surface area contributed by atoms with Crippen LogP contribution in [0.15, 0.2) is 48.5 Å². The van der Waals surface area contributed by atoms with E-state index in [0.717, 1.165) is 21.9 Å². The van der Waals surface area contributed by atoms with E-state index < -0.39 is 0 Å². The first-order valence-electron chi connectivity index (χ1n) is 9.49. The summed E-state index contributed by atoms with van der Waals surface area (Å²) in [4.78, 5) is 31.9. The molecule has 3 aromatic rings. The molecular formula is C22H21N3O4S. The predicted molar refractivity (Wildman–Crippen MR) is 116 cm³/mol. The van der Waals surface area contributed by atoms with Gasteiger partial charge in [-0.05, 0) is 43.3 Å². The molecule has 4 rings (SSSR count). The lowest BCUT2D eigenvalue weighted by Crippen LogP contribution is -2.40. The van der Waals surface area contributed by atoms with Crippen molar-refractivity contribution < 1.29 is 19.1 Å². The average Bonchev–Trinajstić information content (AvgIpc) is 3.12. The lowest BCUT2D eigenvalue weighted by Gasteiger charge is -2.29. The molecule has 1 aromatic heterocycles. The minimum absolute atomic E-state index is 0.0183. The molecule has 1 N–H and O–H groups in total. The van der Waals surface area contributed by atoms with Crippen molar-refractivity contribution in [3.63, 3.8) is 0 Å². The zero-order chi connectivity index (χ0) is 21.1. The highest BCUT2D eigenvalue weighted by molar-refractivity contribution is 7.16. The van der Waals surface area contributed by atoms with Gasteiger partial charge in [0.25, 0.3) is 5.91 Å². The summed E-state index contributed by atoms with van der Waals surface area (Å²) in [6, 6.07) is 15.0. The molecule has 1 aliphatic rings. The normalized spacial score (nSPS) is 12.9. The van der Waals surface area contributed by atoms with Gasteiger partial charge in [-0.3, -0.25) is 9.59 Å². The van der Waals surface area contributed by atoms with Gasteiger partial charge in [-0.1, -0.05) is 12.1 Å². The third-order valence-corrected chi connectivity index (χ3v) is 5.66. The van der Waals surface area contributed by atoms with E-state index in [2.05, 4.69) is 10.3 Å². The lowest BCUT2D eigenvalue weighted by atomic mass is 10.1. The number of amides is 2. The summed E-state index contributed by atoms with van der Waals surface area (Å²) >= 11 is 1.42. The van der Waals surface area contributed by atoms with Crippen molar-refractivity contribution in [1.82, 2.24) is 4.98 Å². The highest BCUT2D eigenvalue weighted by atomic mass is 32.1. The molecule has 0 radical (unpaired) electrons. The van der Waals surface area contributed by atoms with Crippen LogP contribution in [0.2, 0.25) is 0 Å². The molecule has 2 amide bonds. The fraction of sp³-hybridized carbons (Fsp3) is 0.227. The summed E-state index contributed by atoms with van der Waals surface area (Å²) in [5, 5.41) is 3.39. The zero-order valence-electron chi connectivity index (χ0n) is 16.7. The standard InChI is InChI=1S/C22H21N3O4S/c1-14-21(15-7-9-16(28-2)10-8-15)24-22(30-14)23-19(26)11-12-25-17-5-3-4-6-18(17)29-13-20(25)27/h3-10H,11-13H2,1-2H3,(H,23,24,26). The van der Waals surface area contributed by atoms with Gasteiger partial charge >= 0.3 is 0 Å². The molecule has 0 unspecified atom stereocenters. The van der Waals surface area contributed by atoms with Crippen LogP contribution in [0.4, 0.5) is 10.8 Å². The van der Waals surface area contributed by atoms with Crippen molar-refractivity contribution >= 4 is 34.0 Å². The first kappa shape index (κ1) is 19.9. The second kappa shape index (κ2) is 8.54. The Hall–Kier alpha value is -3.39. The summed E-state index contributed by atoms with van der Waals surface area (Å²) in [7, 11) is 1.62. The molecule has 0 saturated heterocycles. The van der Waals surface area contributed by atoms with E-state index in [4.69, 9.17) is 9.47 Å². The number of rotatable bonds is 6.